The summed E-state index contributed by atoms with van der Waals surface area (Å²) in [6.45, 7) is 1.70. The summed E-state index contributed by atoms with van der Waals surface area (Å²) in [7, 11) is 0. The van der Waals surface area contributed by atoms with Gasteiger partial charge in [0.15, 0.2) is 0 Å². The molecule has 0 heterocycles. The standard InChI is InChI=1S/C10H11ClN2.ClH/c1-8(12)13-10(11)7-9-5-3-2-4-6-9;/h2-7H,1H3,(H2,12,13);1H. The quantitative estimate of drug-likeness (QED) is 0.474. The number of benzene rings is 1. The Kier molecular flexibility index (Phi) is 6.00. The van der Waals surface area contributed by atoms with Gasteiger partial charge in [-0.25, -0.2) is 4.99 Å². The SMILES string of the molecule is C/C(N)=N/C(Cl)=Cc1ccccc1.Cl. The Morgan fingerprint density at radius 2 is 1.93 bits per heavy atom. The van der Waals surface area contributed by atoms with Gasteiger partial charge in [-0.2, -0.15) is 0 Å². The van der Waals surface area contributed by atoms with Crippen molar-refractivity contribution in [3.8, 4) is 0 Å². The van der Waals surface area contributed by atoms with Crippen molar-refractivity contribution in [2.75, 3.05) is 0 Å². The molecule has 0 saturated carbocycles. The van der Waals surface area contributed by atoms with Crippen LogP contribution in [0.2, 0.25) is 0 Å². The third kappa shape index (κ3) is 4.90. The minimum absolute atomic E-state index is 0. The largest absolute Gasteiger partial charge is 0.387 e. The fraction of sp³-hybridized carbons (Fsp3) is 0.100. The van der Waals surface area contributed by atoms with Gasteiger partial charge in [0.25, 0.3) is 0 Å². The lowest BCUT2D eigenvalue weighted by Gasteiger charge is -1.93. The van der Waals surface area contributed by atoms with E-state index >= 15 is 0 Å². The normalized spacial score (nSPS) is 12.1. The summed E-state index contributed by atoms with van der Waals surface area (Å²) in [6, 6.07) is 9.72. The van der Waals surface area contributed by atoms with E-state index in [0.29, 0.717) is 11.0 Å². The predicted molar refractivity (Wildman–Crippen MR) is 64.8 cm³/mol. The molecular weight excluding hydrogens is 219 g/mol. The van der Waals surface area contributed by atoms with Crippen LogP contribution in [0.3, 0.4) is 0 Å². The summed E-state index contributed by atoms with van der Waals surface area (Å²) in [6.07, 6.45) is 1.76. The molecule has 0 aliphatic heterocycles. The maximum atomic E-state index is 5.80. The monoisotopic (exact) mass is 230 g/mol. The molecule has 1 rings (SSSR count). The van der Waals surface area contributed by atoms with Gasteiger partial charge >= 0.3 is 0 Å². The van der Waals surface area contributed by atoms with Gasteiger partial charge in [-0.15, -0.1) is 12.4 Å². The second-order valence-electron chi connectivity index (χ2n) is 2.63. The van der Waals surface area contributed by atoms with Gasteiger partial charge in [-0.3, -0.25) is 0 Å². The highest BCUT2D eigenvalue weighted by molar-refractivity contribution is 6.31. The number of hydrogen-bond donors (Lipinski definition) is 1. The van der Waals surface area contributed by atoms with E-state index in [0.717, 1.165) is 5.56 Å². The van der Waals surface area contributed by atoms with Crippen LogP contribution in [-0.2, 0) is 0 Å². The zero-order chi connectivity index (χ0) is 9.68. The van der Waals surface area contributed by atoms with E-state index < -0.39 is 0 Å². The molecule has 0 radical (unpaired) electrons. The van der Waals surface area contributed by atoms with Gasteiger partial charge in [0.1, 0.15) is 5.16 Å². The number of rotatable bonds is 2. The van der Waals surface area contributed by atoms with Crippen LogP contribution in [0.15, 0.2) is 40.5 Å². The first-order valence-electron chi connectivity index (χ1n) is 3.91. The van der Waals surface area contributed by atoms with Crippen molar-refractivity contribution >= 4 is 35.9 Å². The maximum absolute atomic E-state index is 5.80. The predicted octanol–water partition coefficient (Wildman–Crippen LogP) is 3.02. The van der Waals surface area contributed by atoms with Crippen molar-refractivity contribution in [2.24, 2.45) is 10.7 Å². The molecule has 14 heavy (non-hydrogen) atoms. The molecule has 0 aliphatic rings. The Morgan fingerprint density at radius 3 is 2.43 bits per heavy atom. The van der Waals surface area contributed by atoms with Crippen LogP contribution < -0.4 is 5.73 Å². The molecule has 1 aromatic rings. The first-order chi connectivity index (χ1) is 6.18. The second-order valence-corrected chi connectivity index (χ2v) is 3.02. The topological polar surface area (TPSA) is 38.4 Å². The van der Waals surface area contributed by atoms with Crippen LogP contribution in [-0.4, -0.2) is 5.84 Å². The van der Waals surface area contributed by atoms with Gasteiger partial charge in [-0.1, -0.05) is 41.9 Å². The highest BCUT2D eigenvalue weighted by Gasteiger charge is 1.89. The van der Waals surface area contributed by atoms with Crippen molar-refractivity contribution in [3.05, 3.63) is 41.1 Å². The molecule has 0 spiro atoms. The van der Waals surface area contributed by atoms with Crippen molar-refractivity contribution in [2.45, 2.75) is 6.92 Å². The van der Waals surface area contributed by atoms with Crippen molar-refractivity contribution in [3.63, 3.8) is 0 Å². The van der Waals surface area contributed by atoms with E-state index in [4.69, 9.17) is 17.3 Å². The summed E-state index contributed by atoms with van der Waals surface area (Å²) in [5.41, 5.74) is 6.38. The van der Waals surface area contributed by atoms with Crippen LogP contribution in [0.5, 0.6) is 0 Å². The molecule has 0 aromatic heterocycles. The van der Waals surface area contributed by atoms with Crippen molar-refractivity contribution < 1.29 is 0 Å². The van der Waals surface area contributed by atoms with Gasteiger partial charge in [0.2, 0.25) is 0 Å². The molecular formula is C10H12Cl2N2. The third-order valence-corrected chi connectivity index (χ3v) is 1.56. The van der Waals surface area contributed by atoms with E-state index in [9.17, 15) is 0 Å². The fourth-order valence-corrected chi connectivity index (χ4v) is 1.15. The number of aliphatic imine (C=N–C) groups is 1. The van der Waals surface area contributed by atoms with E-state index in [1.165, 1.54) is 0 Å². The highest BCUT2D eigenvalue weighted by Crippen LogP contribution is 2.10. The minimum Gasteiger partial charge on any atom is -0.387 e. The van der Waals surface area contributed by atoms with E-state index in [2.05, 4.69) is 4.99 Å². The Bertz CT molecular complexity index is 327. The fourth-order valence-electron chi connectivity index (χ4n) is 0.888. The molecule has 0 saturated heterocycles. The molecule has 2 nitrogen and oxygen atoms in total. The van der Waals surface area contributed by atoms with Crippen LogP contribution in [0, 0.1) is 0 Å². The second kappa shape index (κ2) is 6.46. The average molecular weight is 231 g/mol. The summed E-state index contributed by atoms with van der Waals surface area (Å²) in [5.74, 6) is 0.456. The third-order valence-electron chi connectivity index (χ3n) is 1.37. The molecule has 76 valence electrons. The van der Waals surface area contributed by atoms with Crippen LogP contribution >= 0.6 is 24.0 Å². The molecule has 0 unspecified atom stereocenters. The zero-order valence-corrected chi connectivity index (χ0v) is 9.35. The first-order valence-corrected chi connectivity index (χ1v) is 4.29. The summed E-state index contributed by atoms with van der Waals surface area (Å²) in [5, 5.41) is 0.395. The van der Waals surface area contributed by atoms with Gasteiger partial charge < -0.3 is 5.73 Å². The maximum Gasteiger partial charge on any atom is 0.131 e. The Balaban J connectivity index is 0.00000169. The van der Waals surface area contributed by atoms with Gasteiger partial charge in [0, 0.05) is 0 Å². The lowest BCUT2D eigenvalue weighted by atomic mass is 10.2. The van der Waals surface area contributed by atoms with E-state index in [1.807, 2.05) is 30.3 Å². The Labute approximate surface area is 94.9 Å². The number of nitrogens with two attached hydrogens (primary N) is 1. The smallest absolute Gasteiger partial charge is 0.131 e. The molecule has 0 amide bonds. The van der Waals surface area contributed by atoms with Crippen molar-refractivity contribution in [1.29, 1.82) is 0 Å². The number of halogens is 2. The summed E-state index contributed by atoms with van der Waals surface area (Å²) in [4.78, 5) is 3.89. The number of hydrogen-bond acceptors (Lipinski definition) is 1. The Morgan fingerprint density at radius 1 is 1.36 bits per heavy atom. The first kappa shape index (κ1) is 13.0. The minimum atomic E-state index is 0. The van der Waals surface area contributed by atoms with Crippen LogP contribution in [0.1, 0.15) is 12.5 Å². The lowest BCUT2D eigenvalue weighted by Crippen LogP contribution is -2.04. The lowest BCUT2D eigenvalue weighted by molar-refractivity contribution is 1.44. The average Bonchev–Trinajstić information content (AvgIpc) is 2.04. The van der Waals surface area contributed by atoms with Crippen LogP contribution in [0.25, 0.3) is 6.08 Å². The van der Waals surface area contributed by atoms with Gasteiger partial charge in [-0.05, 0) is 18.6 Å². The van der Waals surface area contributed by atoms with E-state index in [1.54, 1.807) is 13.0 Å². The molecule has 0 atom stereocenters. The number of nitrogens with zero attached hydrogens (tertiary/aromatic N) is 1. The molecule has 0 bridgehead atoms. The van der Waals surface area contributed by atoms with Gasteiger partial charge in [0.05, 0.1) is 5.84 Å². The summed E-state index contributed by atoms with van der Waals surface area (Å²) < 4.78 is 0. The molecule has 0 aliphatic carbocycles. The van der Waals surface area contributed by atoms with E-state index in [-0.39, 0.29) is 12.4 Å². The highest BCUT2D eigenvalue weighted by atomic mass is 35.5. The van der Waals surface area contributed by atoms with Crippen LogP contribution in [0.4, 0.5) is 0 Å². The molecule has 4 heteroatoms. The molecule has 2 N–H and O–H groups in total. The number of amidine groups is 1. The van der Waals surface area contributed by atoms with Crippen molar-refractivity contribution in [1.82, 2.24) is 0 Å². The zero-order valence-electron chi connectivity index (χ0n) is 7.77. The summed E-state index contributed by atoms with van der Waals surface area (Å²) >= 11 is 5.80. The molecule has 1 aromatic carbocycles. The Hall–Kier alpha value is -0.990. The molecule has 0 fully saturated rings.